The molecule has 5 rings (SSSR count). The summed E-state index contributed by atoms with van der Waals surface area (Å²) >= 11 is 7.17. The van der Waals surface area contributed by atoms with Crippen molar-refractivity contribution in [2.75, 3.05) is 4.90 Å². The summed E-state index contributed by atoms with van der Waals surface area (Å²) in [5, 5.41) is 20.6. The van der Waals surface area contributed by atoms with Gasteiger partial charge in [0, 0.05) is 27.5 Å². The number of benzene rings is 5. The standard InChI is InChI=1S/C34H30ClNO2/c1-3-34(25-11-18-30(37)19-12-25,26-13-20-31(38)21-14-26)32-22-17-29(23-33(32)35)36(27-7-5-4-6-8-27)28-15-9-24(2)10-16-28/h4-23,37-38H,3H2,1-2H3. The van der Waals surface area contributed by atoms with Gasteiger partial charge in [-0.15, -0.1) is 0 Å². The number of rotatable bonds is 7. The summed E-state index contributed by atoms with van der Waals surface area (Å²) in [6.07, 6.45) is 0.724. The van der Waals surface area contributed by atoms with E-state index in [-0.39, 0.29) is 11.5 Å². The Morgan fingerprint density at radius 3 is 1.63 bits per heavy atom. The fourth-order valence-corrected chi connectivity index (χ4v) is 5.61. The molecule has 0 atom stereocenters. The molecular weight excluding hydrogens is 490 g/mol. The normalized spacial score (nSPS) is 11.3. The van der Waals surface area contributed by atoms with Crippen LogP contribution in [0, 0.1) is 6.92 Å². The Hall–Kier alpha value is -4.21. The molecule has 0 saturated carbocycles. The van der Waals surface area contributed by atoms with E-state index in [4.69, 9.17) is 11.6 Å². The minimum atomic E-state index is -0.585. The van der Waals surface area contributed by atoms with Gasteiger partial charge in [0.2, 0.25) is 0 Å². The van der Waals surface area contributed by atoms with Crippen molar-refractivity contribution in [3.63, 3.8) is 0 Å². The molecule has 0 bridgehead atoms. The third kappa shape index (κ3) is 4.73. The van der Waals surface area contributed by atoms with Gasteiger partial charge in [-0.3, -0.25) is 0 Å². The van der Waals surface area contributed by atoms with E-state index in [0.717, 1.165) is 40.2 Å². The van der Waals surface area contributed by atoms with E-state index in [1.807, 2.05) is 48.5 Å². The summed E-state index contributed by atoms with van der Waals surface area (Å²) in [4.78, 5) is 2.20. The first kappa shape index (κ1) is 25.4. The maximum Gasteiger partial charge on any atom is 0.115 e. The van der Waals surface area contributed by atoms with E-state index in [2.05, 4.69) is 67.3 Å². The van der Waals surface area contributed by atoms with E-state index < -0.39 is 5.41 Å². The summed E-state index contributed by atoms with van der Waals surface area (Å²) in [5.41, 5.74) is 6.63. The number of phenolic OH excluding ortho intramolecular Hbond substituents is 2. The highest BCUT2D eigenvalue weighted by Crippen LogP contribution is 2.47. The van der Waals surface area contributed by atoms with E-state index in [9.17, 15) is 10.2 Å². The fraction of sp³-hybridized carbons (Fsp3) is 0.118. The molecule has 0 fully saturated rings. The molecule has 190 valence electrons. The molecular formula is C34H30ClNO2. The summed E-state index contributed by atoms with van der Waals surface area (Å²) in [6.45, 7) is 4.21. The number of halogens is 1. The third-order valence-corrected chi connectivity index (χ3v) is 7.54. The molecule has 0 aliphatic rings. The Bertz CT molecular complexity index is 1470. The van der Waals surface area contributed by atoms with Crippen LogP contribution in [0.15, 0.2) is 121 Å². The monoisotopic (exact) mass is 519 g/mol. The Morgan fingerprint density at radius 1 is 0.632 bits per heavy atom. The van der Waals surface area contributed by atoms with Gasteiger partial charge >= 0.3 is 0 Å². The zero-order valence-electron chi connectivity index (χ0n) is 21.5. The predicted molar refractivity (Wildman–Crippen MR) is 157 cm³/mol. The Kier molecular flexibility index (Phi) is 7.13. The van der Waals surface area contributed by atoms with Crippen molar-refractivity contribution in [2.45, 2.75) is 25.7 Å². The third-order valence-electron chi connectivity index (χ3n) is 7.23. The first-order valence-electron chi connectivity index (χ1n) is 12.7. The fourth-order valence-electron chi connectivity index (χ4n) is 5.28. The van der Waals surface area contributed by atoms with Crippen LogP contribution < -0.4 is 4.90 Å². The Balaban J connectivity index is 1.69. The van der Waals surface area contributed by atoms with Crippen molar-refractivity contribution >= 4 is 28.7 Å². The number of hydrogen-bond donors (Lipinski definition) is 2. The number of phenols is 2. The lowest BCUT2D eigenvalue weighted by molar-refractivity contribution is 0.473. The Morgan fingerprint density at radius 2 is 1.13 bits per heavy atom. The highest BCUT2D eigenvalue weighted by atomic mass is 35.5. The van der Waals surface area contributed by atoms with Crippen molar-refractivity contribution in [3.05, 3.63) is 149 Å². The van der Waals surface area contributed by atoms with Crippen LogP contribution in [0.5, 0.6) is 11.5 Å². The van der Waals surface area contributed by atoms with E-state index >= 15 is 0 Å². The van der Waals surface area contributed by atoms with Crippen LogP contribution in [0.2, 0.25) is 5.02 Å². The van der Waals surface area contributed by atoms with Crippen LogP contribution in [0.1, 0.15) is 35.6 Å². The van der Waals surface area contributed by atoms with E-state index in [0.29, 0.717) is 5.02 Å². The number of aryl methyl sites for hydroxylation is 1. The van der Waals surface area contributed by atoms with Gasteiger partial charge in [-0.2, -0.15) is 0 Å². The molecule has 0 heterocycles. The highest BCUT2D eigenvalue weighted by Gasteiger charge is 2.36. The molecule has 38 heavy (non-hydrogen) atoms. The summed E-state index contributed by atoms with van der Waals surface area (Å²) in [6, 6.07) is 39.5. The predicted octanol–water partition coefficient (Wildman–Crippen LogP) is 9.27. The molecule has 0 unspecified atom stereocenters. The van der Waals surface area contributed by atoms with Gasteiger partial charge in [0.25, 0.3) is 0 Å². The molecule has 0 aromatic heterocycles. The molecule has 0 aliphatic heterocycles. The largest absolute Gasteiger partial charge is 0.508 e. The molecule has 0 amide bonds. The number of hydrogen-bond acceptors (Lipinski definition) is 3. The zero-order valence-corrected chi connectivity index (χ0v) is 22.2. The molecule has 0 saturated heterocycles. The minimum absolute atomic E-state index is 0.211. The number of anilines is 3. The maximum atomic E-state index is 9.99. The average Bonchev–Trinajstić information content (AvgIpc) is 2.94. The van der Waals surface area contributed by atoms with Gasteiger partial charge in [0.05, 0.1) is 0 Å². The van der Waals surface area contributed by atoms with Crippen molar-refractivity contribution in [1.29, 1.82) is 0 Å². The lowest BCUT2D eigenvalue weighted by atomic mass is 9.67. The first-order valence-corrected chi connectivity index (χ1v) is 13.1. The smallest absolute Gasteiger partial charge is 0.115 e. The van der Waals surface area contributed by atoms with Crippen molar-refractivity contribution < 1.29 is 10.2 Å². The first-order chi connectivity index (χ1) is 18.4. The van der Waals surface area contributed by atoms with Crippen molar-refractivity contribution in [2.24, 2.45) is 0 Å². The second-order valence-electron chi connectivity index (χ2n) is 9.52. The van der Waals surface area contributed by atoms with E-state index in [1.165, 1.54) is 5.56 Å². The van der Waals surface area contributed by atoms with Gasteiger partial charge in [0.15, 0.2) is 0 Å². The Labute approximate surface area is 229 Å². The van der Waals surface area contributed by atoms with Crippen LogP contribution in [0.25, 0.3) is 0 Å². The molecule has 0 aliphatic carbocycles. The number of aromatic hydroxyl groups is 2. The summed E-state index contributed by atoms with van der Waals surface area (Å²) < 4.78 is 0. The number of para-hydroxylation sites is 1. The minimum Gasteiger partial charge on any atom is -0.508 e. The molecule has 5 aromatic rings. The van der Waals surface area contributed by atoms with Crippen LogP contribution in [0.3, 0.4) is 0 Å². The van der Waals surface area contributed by atoms with Crippen LogP contribution in [-0.2, 0) is 5.41 Å². The van der Waals surface area contributed by atoms with Gasteiger partial charge in [0.1, 0.15) is 11.5 Å². The number of nitrogens with zero attached hydrogens (tertiary/aromatic N) is 1. The topological polar surface area (TPSA) is 43.7 Å². The van der Waals surface area contributed by atoms with E-state index in [1.54, 1.807) is 24.3 Å². The summed E-state index contributed by atoms with van der Waals surface area (Å²) in [5.74, 6) is 0.421. The molecule has 5 aromatic carbocycles. The second kappa shape index (κ2) is 10.6. The maximum absolute atomic E-state index is 9.99. The molecule has 0 radical (unpaired) electrons. The molecule has 2 N–H and O–H groups in total. The van der Waals surface area contributed by atoms with Gasteiger partial charge in [-0.25, -0.2) is 0 Å². The van der Waals surface area contributed by atoms with Gasteiger partial charge < -0.3 is 15.1 Å². The molecule has 0 spiro atoms. The van der Waals surface area contributed by atoms with Crippen LogP contribution in [-0.4, -0.2) is 10.2 Å². The highest BCUT2D eigenvalue weighted by molar-refractivity contribution is 6.32. The quantitative estimate of drug-likeness (QED) is 0.210. The average molecular weight is 520 g/mol. The van der Waals surface area contributed by atoms with Gasteiger partial charge in [-0.1, -0.05) is 84.8 Å². The van der Waals surface area contributed by atoms with Crippen molar-refractivity contribution in [3.8, 4) is 11.5 Å². The molecule has 3 nitrogen and oxygen atoms in total. The van der Waals surface area contributed by atoms with Crippen molar-refractivity contribution in [1.82, 2.24) is 0 Å². The lowest BCUT2D eigenvalue weighted by Gasteiger charge is -2.36. The summed E-state index contributed by atoms with van der Waals surface area (Å²) in [7, 11) is 0. The second-order valence-corrected chi connectivity index (χ2v) is 9.93. The SMILES string of the molecule is CCC(c1ccc(O)cc1)(c1ccc(O)cc1)c1ccc(N(c2ccccc2)c2ccc(C)cc2)cc1Cl. The molecule has 4 heteroatoms. The lowest BCUT2D eigenvalue weighted by Crippen LogP contribution is -2.29. The van der Waals surface area contributed by atoms with Crippen LogP contribution in [0.4, 0.5) is 17.1 Å². The van der Waals surface area contributed by atoms with Crippen LogP contribution >= 0.6 is 11.6 Å². The zero-order chi connectivity index (χ0) is 26.7. The van der Waals surface area contributed by atoms with Gasteiger partial charge in [-0.05, 0) is 90.7 Å².